The summed E-state index contributed by atoms with van der Waals surface area (Å²) in [5.74, 6) is 1.96. The number of rotatable bonds is 8. The number of benzene rings is 2. The van der Waals surface area contributed by atoms with Crippen LogP contribution in [0.15, 0.2) is 48.5 Å². The highest BCUT2D eigenvalue weighted by Gasteiger charge is 2.39. The van der Waals surface area contributed by atoms with Crippen molar-refractivity contribution in [2.45, 2.75) is 57.7 Å². The third-order valence-corrected chi connectivity index (χ3v) is 5.67. The predicted molar refractivity (Wildman–Crippen MR) is 113 cm³/mol. The predicted octanol–water partition coefficient (Wildman–Crippen LogP) is 6.52. The first-order chi connectivity index (χ1) is 14.2. The van der Waals surface area contributed by atoms with Crippen molar-refractivity contribution in [2.75, 3.05) is 18.0 Å². The first-order valence-corrected chi connectivity index (χ1v) is 10.6. The Bertz CT molecular complexity index is 816. The average molecular weight is 422 g/mol. The van der Waals surface area contributed by atoms with Crippen LogP contribution < -0.4 is 9.64 Å². The Morgan fingerprint density at radius 1 is 1.03 bits per heavy atom. The van der Waals surface area contributed by atoms with E-state index in [1.807, 2.05) is 24.3 Å². The Morgan fingerprint density at radius 2 is 1.67 bits per heavy atom. The molecule has 3 nitrogen and oxygen atoms in total. The summed E-state index contributed by atoms with van der Waals surface area (Å²) in [6, 6.07) is 14.9. The van der Waals surface area contributed by atoms with Crippen LogP contribution in [-0.4, -0.2) is 30.5 Å². The Hall–Kier alpha value is -2.21. The van der Waals surface area contributed by atoms with Crippen molar-refractivity contribution < 1.29 is 23.0 Å². The van der Waals surface area contributed by atoms with Crippen molar-refractivity contribution in [3.63, 3.8) is 0 Å². The van der Waals surface area contributed by atoms with E-state index in [0.29, 0.717) is 35.6 Å². The Morgan fingerprint density at radius 3 is 2.30 bits per heavy atom. The smallest absolute Gasteiger partial charge is 0.416 e. The molecule has 1 fully saturated rings. The third-order valence-electron chi connectivity index (χ3n) is 5.67. The van der Waals surface area contributed by atoms with Gasteiger partial charge in [-0.05, 0) is 54.5 Å². The topological polar surface area (TPSA) is 32.7 Å². The largest absolute Gasteiger partial charge is 0.457 e. The van der Waals surface area contributed by atoms with Crippen LogP contribution in [0.5, 0.6) is 11.5 Å². The van der Waals surface area contributed by atoms with Gasteiger partial charge in [0.1, 0.15) is 11.5 Å². The van der Waals surface area contributed by atoms with E-state index in [4.69, 9.17) is 4.74 Å². The molecule has 2 aromatic rings. The van der Waals surface area contributed by atoms with Crippen molar-refractivity contribution >= 4 is 5.69 Å². The van der Waals surface area contributed by atoms with Gasteiger partial charge in [0.25, 0.3) is 0 Å². The highest BCUT2D eigenvalue weighted by molar-refractivity contribution is 5.52. The van der Waals surface area contributed by atoms with Crippen LogP contribution in [0.4, 0.5) is 18.9 Å². The molecule has 1 aliphatic carbocycles. The number of alkyl halides is 3. The summed E-state index contributed by atoms with van der Waals surface area (Å²) in [7, 11) is 0. The summed E-state index contributed by atoms with van der Waals surface area (Å²) in [5.41, 5.74) is 1.78. The normalized spacial score (nSPS) is 16.1. The van der Waals surface area contributed by atoms with Crippen LogP contribution in [0.3, 0.4) is 0 Å². The molecule has 0 aromatic heterocycles. The van der Waals surface area contributed by atoms with Gasteiger partial charge in [-0.3, -0.25) is 0 Å². The molecule has 30 heavy (non-hydrogen) atoms. The van der Waals surface area contributed by atoms with E-state index in [9.17, 15) is 18.3 Å². The van der Waals surface area contributed by atoms with Crippen molar-refractivity contribution in [3.05, 3.63) is 54.1 Å². The van der Waals surface area contributed by atoms with Crippen LogP contribution in [0, 0.1) is 5.92 Å². The van der Waals surface area contributed by atoms with Gasteiger partial charge < -0.3 is 14.7 Å². The standard InChI is InChI=1S/C24H30F3NO2/c1-17(2)19-9-5-11-21(13-19)30-22-12-6-10-20(14-22)28(15-18-7-3-4-8-18)16-23(29)24(25,26)27/h5-6,9-14,17-18,23,29H,3-4,7-8,15-16H2,1-2H3. The van der Waals surface area contributed by atoms with Gasteiger partial charge in [-0.1, -0.05) is 44.9 Å². The summed E-state index contributed by atoms with van der Waals surface area (Å²) >= 11 is 0. The van der Waals surface area contributed by atoms with Crippen molar-refractivity contribution in [1.82, 2.24) is 0 Å². The Balaban J connectivity index is 1.80. The van der Waals surface area contributed by atoms with Gasteiger partial charge in [-0.15, -0.1) is 0 Å². The summed E-state index contributed by atoms with van der Waals surface area (Å²) < 4.78 is 45.0. The fraction of sp³-hybridized carbons (Fsp3) is 0.500. The Kier molecular flexibility index (Phi) is 7.29. The van der Waals surface area contributed by atoms with E-state index in [2.05, 4.69) is 13.8 Å². The van der Waals surface area contributed by atoms with Crippen molar-refractivity contribution in [1.29, 1.82) is 0 Å². The zero-order valence-electron chi connectivity index (χ0n) is 17.5. The number of hydrogen-bond donors (Lipinski definition) is 1. The fourth-order valence-corrected chi connectivity index (χ4v) is 3.92. The van der Waals surface area contributed by atoms with Gasteiger partial charge in [0.05, 0.1) is 6.54 Å². The highest BCUT2D eigenvalue weighted by Crippen LogP contribution is 2.32. The number of halogens is 3. The number of aliphatic hydroxyl groups is 1. The van der Waals surface area contributed by atoms with Crippen molar-refractivity contribution in [3.8, 4) is 11.5 Å². The monoisotopic (exact) mass is 421 g/mol. The van der Waals surface area contributed by atoms with Crippen LogP contribution in [-0.2, 0) is 0 Å². The van der Waals surface area contributed by atoms with E-state index in [1.54, 1.807) is 29.2 Å². The van der Waals surface area contributed by atoms with Crippen molar-refractivity contribution in [2.24, 2.45) is 5.92 Å². The number of hydrogen-bond acceptors (Lipinski definition) is 3. The van der Waals surface area contributed by atoms with Crippen LogP contribution in [0.2, 0.25) is 0 Å². The highest BCUT2D eigenvalue weighted by atomic mass is 19.4. The van der Waals surface area contributed by atoms with E-state index in [1.165, 1.54) is 0 Å². The number of aliphatic hydroxyl groups excluding tert-OH is 1. The average Bonchev–Trinajstić information content (AvgIpc) is 3.20. The summed E-state index contributed by atoms with van der Waals surface area (Å²) in [6.45, 7) is 4.23. The number of anilines is 1. The van der Waals surface area contributed by atoms with Gasteiger partial charge in [-0.25, -0.2) is 0 Å². The first kappa shape index (κ1) is 22.5. The molecule has 0 bridgehead atoms. The molecule has 1 unspecified atom stereocenters. The SMILES string of the molecule is CC(C)c1cccc(Oc2cccc(N(CC3CCCC3)CC(O)C(F)(F)F)c2)c1. The summed E-state index contributed by atoms with van der Waals surface area (Å²) in [6.07, 6.45) is -2.79. The molecule has 0 heterocycles. The third kappa shape index (κ3) is 6.14. The molecule has 3 rings (SSSR count). The number of nitrogens with zero attached hydrogens (tertiary/aromatic N) is 1. The molecule has 0 amide bonds. The van der Waals surface area contributed by atoms with Crippen LogP contribution in [0.1, 0.15) is 51.0 Å². The quantitative estimate of drug-likeness (QED) is 0.526. The maximum Gasteiger partial charge on any atom is 0.416 e. The molecule has 1 atom stereocenters. The number of ether oxygens (including phenoxy) is 1. The van der Waals surface area contributed by atoms with Gasteiger partial charge in [0.2, 0.25) is 0 Å². The summed E-state index contributed by atoms with van der Waals surface area (Å²) in [5, 5.41) is 9.68. The second kappa shape index (κ2) is 9.73. The van der Waals surface area contributed by atoms with E-state index in [0.717, 1.165) is 31.2 Å². The van der Waals surface area contributed by atoms with Crippen LogP contribution in [0.25, 0.3) is 0 Å². The zero-order chi connectivity index (χ0) is 21.7. The molecule has 0 aliphatic heterocycles. The Labute approximate surface area is 176 Å². The molecule has 6 heteroatoms. The lowest BCUT2D eigenvalue weighted by atomic mass is 10.0. The summed E-state index contributed by atoms with van der Waals surface area (Å²) in [4.78, 5) is 1.64. The van der Waals surface area contributed by atoms with Gasteiger partial charge >= 0.3 is 6.18 Å². The minimum Gasteiger partial charge on any atom is -0.457 e. The second-order valence-electron chi connectivity index (χ2n) is 8.44. The van der Waals surface area contributed by atoms with Gasteiger partial charge in [0, 0.05) is 18.3 Å². The molecule has 1 N–H and O–H groups in total. The van der Waals surface area contributed by atoms with Crippen LogP contribution >= 0.6 is 0 Å². The lowest BCUT2D eigenvalue weighted by Crippen LogP contribution is -2.42. The molecule has 0 radical (unpaired) electrons. The molecule has 1 saturated carbocycles. The van der Waals surface area contributed by atoms with Gasteiger partial charge in [-0.2, -0.15) is 13.2 Å². The van der Waals surface area contributed by atoms with E-state index >= 15 is 0 Å². The minimum absolute atomic E-state index is 0.345. The molecule has 1 aliphatic rings. The second-order valence-corrected chi connectivity index (χ2v) is 8.44. The molecular formula is C24H30F3NO2. The van der Waals surface area contributed by atoms with E-state index in [-0.39, 0.29) is 0 Å². The molecule has 2 aromatic carbocycles. The minimum atomic E-state index is -4.64. The molecule has 0 spiro atoms. The fourth-order valence-electron chi connectivity index (χ4n) is 3.92. The lowest BCUT2D eigenvalue weighted by molar-refractivity contribution is -0.200. The maximum absolute atomic E-state index is 13.0. The maximum atomic E-state index is 13.0. The van der Waals surface area contributed by atoms with Gasteiger partial charge in [0.15, 0.2) is 6.10 Å². The van der Waals surface area contributed by atoms with E-state index < -0.39 is 18.8 Å². The lowest BCUT2D eigenvalue weighted by Gasteiger charge is -2.30. The zero-order valence-corrected chi connectivity index (χ0v) is 17.5. The molecule has 164 valence electrons. The molecule has 0 saturated heterocycles. The first-order valence-electron chi connectivity index (χ1n) is 10.6. The molecular weight excluding hydrogens is 391 g/mol.